The van der Waals surface area contributed by atoms with Crippen molar-refractivity contribution >= 4 is 11.9 Å². The quantitative estimate of drug-likeness (QED) is 0.636. The van der Waals surface area contributed by atoms with Crippen LogP contribution in [-0.4, -0.2) is 24.5 Å². The maximum atomic E-state index is 12.5. The van der Waals surface area contributed by atoms with Crippen LogP contribution in [0, 0.1) is 23.2 Å². The van der Waals surface area contributed by atoms with Crippen molar-refractivity contribution in [2.45, 2.75) is 59.4 Å². The average molecular weight is 281 g/mol. The first-order chi connectivity index (χ1) is 9.32. The summed E-state index contributed by atoms with van der Waals surface area (Å²) in [6.07, 6.45) is 4.84. The first kappa shape index (κ1) is 15.3. The molecule has 114 valence electrons. The molecule has 2 aliphatic carbocycles. The molecular formula is C16H27NO3. The van der Waals surface area contributed by atoms with Crippen LogP contribution >= 0.6 is 0 Å². The molecule has 0 radical (unpaired) electrons. The van der Waals surface area contributed by atoms with Gasteiger partial charge in [-0.3, -0.25) is 9.59 Å². The molecule has 0 aliphatic heterocycles. The van der Waals surface area contributed by atoms with Gasteiger partial charge in [-0.15, -0.1) is 0 Å². The highest BCUT2D eigenvalue weighted by molar-refractivity contribution is 5.98. The van der Waals surface area contributed by atoms with Crippen LogP contribution in [0.15, 0.2) is 0 Å². The molecule has 2 bridgehead atoms. The largest absolute Gasteiger partial charge is 0.465 e. The summed E-state index contributed by atoms with van der Waals surface area (Å²) in [6.45, 7) is 7.82. The molecule has 0 saturated heterocycles. The second-order valence-electron chi connectivity index (χ2n) is 7.34. The van der Waals surface area contributed by atoms with Gasteiger partial charge in [0.15, 0.2) is 0 Å². The molecule has 20 heavy (non-hydrogen) atoms. The minimum atomic E-state index is -0.721. The second kappa shape index (κ2) is 5.74. The van der Waals surface area contributed by atoms with Gasteiger partial charge in [-0.2, -0.15) is 0 Å². The number of amides is 1. The number of carbonyl (C=O) groups is 2. The van der Waals surface area contributed by atoms with Crippen molar-refractivity contribution in [3.63, 3.8) is 0 Å². The smallest absolute Gasteiger partial charge is 0.319 e. The maximum absolute atomic E-state index is 12.5. The van der Waals surface area contributed by atoms with E-state index in [-0.39, 0.29) is 11.9 Å². The van der Waals surface area contributed by atoms with Crippen molar-refractivity contribution in [3.8, 4) is 0 Å². The molecule has 2 aliphatic rings. The number of esters is 1. The fraction of sp³-hybridized carbons (Fsp3) is 0.875. The summed E-state index contributed by atoms with van der Waals surface area (Å²) < 4.78 is 5.08. The van der Waals surface area contributed by atoms with Crippen LogP contribution in [0.25, 0.3) is 0 Å². The van der Waals surface area contributed by atoms with Gasteiger partial charge in [0.2, 0.25) is 5.91 Å². The first-order valence-electron chi connectivity index (χ1n) is 7.80. The van der Waals surface area contributed by atoms with Gasteiger partial charge in [-0.05, 0) is 43.4 Å². The first-order valence-corrected chi connectivity index (χ1v) is 7.80. The molecule has 0 aromatic rings. The molecule has 1 N–H and O–H groups in total. The Hall–Kier alpha value is -1.06. The zero-order chi connectivity index (χ0) is 14.9. The number of hydrogen-bond donors (Lipinski definition) is 1. The standard InChI is InChI=1S/C16H27NO3/c1-5-20-15(19)13(16(2,3)4)14(18)17-12-9-10-6-7-11(12)8-10/h10-13H,5-9H2,1-4H3,(H,17,18). The van der Waals surface area contributed by atoms with E-state index in [0.29, 0.717) is 12.5 Å². The molecular weight excluding hydrogens is 254 g/mol. The fourth-order valence-electron chi connectivity index (χ4n) is 3.77. The van der Waals surface area contributed by atoms with Crippen LogP contribution in [0.5, 0.6) is 0 Å². The number of hydrogen-bond acceptors (Lipinski definition) is 3. The summed E-state index contributed by atoms with van der Waals surface area (Å²) in [5, 5.41) is 3.12. The lowest BCUT2D eigenvalue weighted by Crippen LogP contribution is -2.48. The summed E-state index contributed by atoms with van der Waals surface area (Å²) in [4.78, 5) is 24.6. The SMILES string of the molecule is CCOC(=O)C(C(=O)NC1CC2CCC1C2)C(C)(C)C. The molecule has 4 heteroatoms. The van der Waals surface area contributed by atoms with Crippen LogP contribution in [-0.2, 0) is 14.3 Å². The summed E-state index contributed by atoms with van der Waals surface area (Å²) in [5.41, 5.74) is -0.423. The third-order valence-corrected chi connectivity index (χ3v) is 4.72. The minimum absolute atomic E-state index is 0.159. The van der Waals surface area contributed by atoms with E-state index in [1.807, 2.05) is 20.8 Å². The van der Waals surface area contributed by atoms with E-state index in [2.05, 4.69) is 5.32 Å². The van der Waals surface area contributed by atoms with Crippen molar-refractivity contribution in [1.29, 1.82) is 0 Å². The van der Waals surface area contributed by atoms with E-state index >= 15 is 0 Å². The normalized spacial score (nSPS) is 30.1. The van der Waals surface area contributed by atoms with E-state index in [1.54, 1.807) is 6.92 Å². The number of ether oxygens (including phenoxy) is 1. The van der Waals surface area contributed by atoms with E-state index < -0.39 is 17.3 Å². The lowest BCUT2D eigenvalue weighted by molar-refractivity contribution is -0.157. The van der Waals surface area contributed by atoms with Gasteiger partial charge in [-0.25, -0.2) is 0 Å². The molecule has 0 aromatic heterocycles. The van der Waals surface area contributed by atoms with Gasteiger partial charge >= 0.3 is 5.97 Å². The minimum Gasteiger partial charge on any atom is -0.465 e. The third-order valence-electron chi connectivity index (χ3n) is 4.72. The molecule has 2 rings (SSSR count). The van der Waals surface area contributed by atoms with Gasteiger partial charge < -0.3 is 10.1 Å². The summed E-state index contributed by atoms with van der Waals surface area (Å²) >= 11 is 0. The molecule has 0 aromatic carbocycles. The summed E-state index contributed by atoms with van der Waals surface area (Å²) in [7, 11) is 0. The van der Waals surface area contributed by atoms with Crippen LogP contribution in [0.1, 0.15) is 53.4 Å². The van der Waals surface area contributed by atoms with Gasteiger partial charge in [-0.1, -0.05) is 27.2 Å². The van der Waals surface area contributed by atoms with Crippen LogP contribution in [0.4, 0.5) is 0 Å². The highest BCUT2D eigenvalue weighted by Crippen LogP contribution is 2.44. The topological polar surface area (TPSA) is 55.4 Å². The third kappa shape index (κ3) is 3.15. The van der Waals surface area contributed by atoms with Crippen molar-refractivity contribution in [3.05, 3.63) is 0 Å². The molecule has 4 unspecified atom stereocenters. The molecule has 2 saturated carbocycles. The van der Waals surface area contributed by atoms with Gasteiger partial charge in [0.25, 0.3) is 0 Å². The van der Waals surface area contributed by atoms with Crippen LogP contribution < -0.4 is 5.32 Å². The Balaban J connectivity index is 2.01. The van der Waals surface area contributed by atoms with E-state index in [1.165, 1.54) is 19.3 Å². The zero-order valence-electron chi connectivity index (χ0n) is 13.1. The van der Waals surface area contributed by atoms with E-state index in [4.69, 9.17) is 4.74 Å². The number of fused-ring (bicyclic) bond motifs is 2. The Morgan fingerprint density at radius 3 is 2.40 bits per heavy atom. The zero-order valence-corrected chi connectivity index (χ0v) is 13.1. The van der Waals surface area contributed by atoms with Gasteiger partial charge in [0.05, 0.1) is 6.61 Å². The summed E-state index contributed by atoms with van der Waals surface area (Å²) in [6, 6.07) is 0.264. The number of carbonyl (C=O) groups excluding carboxylic acids is 2. The van der Waals surface area contributed by atoms with Gasteiger partial charge in [0, 0.05) is 6.04 Å². The lowest BCUT2D eigenvalue weighted by atomic mass is 9.79. The Bertz CT molecular complexity index is 386. The van der Waals surface area contributed by atoms with Crippen molar-refractivity contribution in [2.24, 2.45) is 23.2 Å². The molecule has 0 heterocycles. The molecule has 1 amide bonds. The molecule has 4 nitrogen and oxygen atoms in total. The van der Waals surface area contributed by atoms with Crippen LogP contribution in [0.3, 0.4) is 0 Å². The van der Waals surface area contributed by atoms with E-state index in [0.717, 1.165) is 12.3 Å². The molecule has 4 atom stereocenters. The molecule has 0 spiro atoms. The monoisotopic (exact) mass is 281 g/mol. The highest BCUT2D eigenvalue weighted by atomic mass is 16.5. The maximum Gasteiger partial charge on any atom is 0.319 e. The van der Waals surface area contributed by atoms with Crippen LogP contribution in [0.2, 0.25) is 0 Å². The lowest BCUT2D eigenvalue weighted by Gasteiger charge is -2.30. The average Bonchev–Trinajstić information content (AvgIpc) is 2.88. The fourth-order valence-corrected chi connectivity index (χ4v) is 3.77. The van der Waals surface area contributed by atoms with Gasteiger partial charge in [0.1, 0.15) is 5.92 Å². The Morgan fingerprint density at radius 2 is 1.95 bits per heavy atom. The highest BCUT2D eigenvalue weighted by Gasteiger charge is 2.44. The Kier molecular flexibility index (Phi) is 4.40. The van der Waals surface area contributed by atoms with Crippen molar-refractivity contribution in [2.75, 3.05) is 6.61 Å². The van der Waals surface area contributed by atoms with Crippen molar-refractivity contribution < 1.29 is 14.3 Å². The summed E-state index contributed by atoms with van der Waals surface area (Å²) in [5.74, 6) is 0.114. The predicted molar refractivity (Wildman–Crippen MR) is 77.0 cm³/mol. The number of nitrogens with one attached hydrogen (secondary N) is 1. The van der Waals surface area contributed by atoms with E-state index in [9.17, 15) is 9.59 Å². The second-order valence-corrected chi connectivity index (χ2v) is 7.34. The Morgan fingerprint density at radius 1 is 1.25 bits per heavy atom. The molecule has 2 fully saturated rings. The number of rotatable bonds is 4. The Labute approximate surface area is 121 Å². The predicted octanol–water partition coefficient (Wildman–Crippen LogP) is 2.52. The van der Waals surface area contributed by atoms with Crippen molar-refractivity contribution in [1.82, 2.24) is 5.32 Å².